The number of hydrogen-bond donors (Lipinski definition) is 2. The molecule has 1 aromatic heterocycles. The standard InChI is InChI=1S/C37H37N3O8/c1-6-45-26-17-15-25(21-31(26)47-8-3)37(42)48-27-16-14-23(20-30(27)46-7-2)22-38-40-36(41)35-32(24-12-10-9-11-13-24)33-28(43-4)18-19-29(44-5)34(33)39-35/h9-22,39H,6-8H2,1-5H3,(H,40,41). The molecule has 0 saturated heterocycles. The Kier molecular flexibility index (Phi) is 10.8. The summed E-state index contributed by atoms with van der Waals surface area (Å²) in [4.78, 5) is 29.9. The first-order valence-corrected chi connectivity index (χ1v) is 15.5. The number of hydrogen-bond acceptors (Lipinski definition) is 9. The second-order valence-electron chi connectivity index (χ2n) is 10.2. The number of fused-ring (bicyclic) bond motifs is 1. The Balaban J connectivity index is 1.38. The lowest BCUT2D eigenvalue weighted by molar-refractivity contribution is 0.0727. The highest BCUT2D eigenvalue weighted by Crippen LogP contribution is 2.42. The molecule has 0 aliphatic rings. The molecule has 11 nitrogen and oxygen atoms in total. The van der Waals surface area contributed by atoms with Crippen LogP contribution in [0.5, 0.6) is 34.5 Å². The Morgan fingerprint density at radius 1 is 0.729 bits per heavy atom. The zero-order valence-corrected chi connectivity index (χ0v) is 27.4. The SMILES string of the molecule is CCOc1ccc(C(=O)Oc2ccc(C=NNC(=O)c3[nH]c4c(OC)ccc(OC)c4c3-c3ccccc3)cc2OCC)cc1OCC. The van der Waals surface area contributed by atoms with Crippen LogP contribution in [0, 0.1) is 0 Å². The van der Waals surface area contributed by atoms with Crippen molar-refractivity contribution in [2.45, 2.75) is 20.8 Å². The van der Waals surface area contributed by atoms with Crippen molar-refractivity contribution in [3.63, 3.8) is 0 Å². The molecule has 0 atom stereocenters. The number of hydrazone groups is 1. The third-order valence-corrected chi connectivity index (χ3v) is 7.24. The van der Waals surface area contributed by atoms with E-state index in [1.165, 1.54) is 6.21 Å². The number of nitrogens with one attached hydrogen (secondary N) is 2. The number of benzene rings is 4. The number of nitrogens with zero attached hydrogens (tertiary/aromatic N) is 1. The van der Waals surface area contributed by atoms with Crippen LogP contribution >= 0.6 is 0 Å². The molecule has 48 heavy (non-hydrogen) atoms. The zero-order valence-electron chi connectivity index (χ0n) is 27.4. The van der Waals surface area contributed by atoms with E-state index in [0.717, 1.165) is 5.56 Å². The summed E-state index contributed by atoms with van der Waals surface area (Å²) in [5.41, 5.74) is 5.88. The number of methoxy groups -OCH3 is 2. The Morgan fingerprint density at radius 2 is 1.35 bits per heavy atom. The number of rotatable bonds is 14. The third-order valence-electron chi connectivity index (χ3n) is 7.24. The molecular weight excluding hydrogens is 614 g/mol. The fourth-order valence-corrected chi connectivity index (χ4v) is 5.17. The van der Waals surface area contributed by atoms with E-state index in [1.807, 2.05) is 51.1 Å². The molecule has 248 valence electrons. The lowest BCUT2D eigenvalue weighted by Gasteiger charge is -2.13. The van der Waals surface area contributed by atoms with Gasteiger partial charge in [0.15, 0.2) is 23.0 Å². The van der Waals surface area contributed by atoms with Gasteiger partial charge in [-0.15, -0.1) is 0 Å². The first kappa shape index (κ1) is 33.4. The Labute approximate surface area is 278 Å². The molecule has 0 saturated carbocycles. The highest BCUT2D eigenvalue weighted by atomic mass is 16.6. The van der Waals surface area contributed by atoms with E-state index in [1.54, 1.807) is 62.8 Å². The predicted octanol–water partition coefficient (Wildman–Crippen LogP) is 7.03. The fraction of sp³-hybridized carbons (Fsp3) is 0.216. The van der Waals surface area contributed by atoms with E-state index in [4.69, 9.17) is 28.4 Å². The Bertz CT molecular complexity index is 1930. The van der Waals surface area contributed by atoms with Crippen LogP contribution in [0.3, 0.4) is 0 Å². The van der Waals surface area contributed by atoms with Crippen LogP contribution in [0.25, 0.3) is 22.0 Å². The summed E-state index contributed by atoms with van der Waals surface area (Å²) in [5, 5.41) is 4.91. The van der Waals surface area contributed by atoms with E-state index in [0.29, 0.717) is 76.2 Å². The lowest BCUT2D eigenvalue weighted by Crippen LogP contribution is -2.19. The van der Waals surface area contributed by atoms with Crippen molar-refractivity contribution in [3.8, 4) is 45.6 Å². The number of aromatic amines is 1. The van der Waals surface area contributed by atoms with Crippen LogP contribution in [-0.4, -0.2) is 57.1 Å². The maximum Gasteiger partial charge on any atom is 0.343 e. The van der Waals surface area contributed by atoms with E-state index in [-0.39, 0.29) is 11.4 Å². The smallest absolute Gasteiger partial charge is 0.343 e. The number of aromatic nitrogens is 1. The number of carbonyl (C=O) groups is 2. The summed E-state index contributed by atoms with van der Waals surface area (Å²) in [6.45, 7) is 6.75. The summed E-state index contributed by atoms with van der Waals surface area (Å²) in [6, 6.07) is 22.9. The van der Waals surface area contributed by atoms with Crippen molar-refractivity contribution in [1.82, 2.24) is 10.4 Å². The molecule has 5 rings (SSSR count). The largest absolute Gasteiger partial charge is 0.496 e. The summed E-state index contributed by atoms with van der Waals surface area (Å²) in [7, 11) is 3.14. The van der Waals surface area contributed by atoms with Crippen molar-refractivity contribution in [2.75, 3.05) is 34.0 Å². The monoisotopic (exact) mass is 651 g/mol. The van der Waals surface area contributed by atoms with Gasteiger partial charge in [0.2, 0.25) is 0 Å². The zero-order chi connectivity index (χ0) is 34.0. The van der Waals surface area contributed by atoms with Gasteiger partial charge in [0.1, 0.15) is 17.2 Å². The van der Waals surface area contributed by atoms with E-state index in [2.05, 4.69) is 15.5 Å². The quantitative estimate of drug-likeness (QED) is 0.0567. The normalized spacial score (nSPS) is 10.9. The van der Waals surface area contributed by atoms with E-state index >= 15 is 0 Å². The van der Waals surface area contributed by atoms with Gasteiger partial charge in [-0.1, -0.05) is 30.3 Å². The minimum atomic E-state index is -0.588. The summed E-state index contributed by atoms with van der Waals surface area (Å²) in [6.07, 6.45) is 1.47. The van der Waals surface area contributed by atoms with Crippen LogP contribution in [-0.2, 0) is 0 Å². The highest BCUT2D eigenvalue weighted by molar-refractivity contribution is 6.13. The first-order valence-electron chi connectivity index (χ1n) is 15.5. The molecule has 4 aromatic carbocycles. The minimum absolute atomic E-state index is 0.225. The van der Waals surface area contributed by atoms with Gasteiger partial charge >= 0.3 is 5.97 Å². The molecule has 0 aliphatic heterocycles. The van der Waals surface area contributed by atoms with Crippen molar-refractivity contribution in [1.29, 1.82) is 0 Å². The summed E-state index contributed by atoms with van der Waals surface area (Å²) in [5.74, 6) is 1.65. The third kappa shape index (κ3) is 7.20. The summed E-state index contributed by atoms with van der Waals surface area (Å²) >= 11 is 0. The van der Waals surface area contributed by atoms with Gasteiger partial charge in [0, 0.05) is 5.56 Å². The first-order chi connectivity index (χ1) is 23.4. The van der Waals surface area contributed by atoms with E-state index in [9.17, 15) is 9.59 Å². The fourth-order valence-electron chi connectivity index (χ4n) is 5.17. The predicted molar refractivity (Wildman–Crippen MR) is 183 cm³/mol. The van der Waals surface area contributed by atoms with Gasteiger partial charge in [-0.05, 0) is 80.4 Å². The molecule has 5 aromatic rings. The molecule has 1 heterocycles. The molecule has 11 heteroatoms. The molecule has 2 N–H and O–H groups in total. The lowest BCUT2D eigenvalue weighted by atomic mass is 10.0. The molecule has 0 aliphatic carbocycles. The summed E-state index contributed by atoms with van der Waals surface area (Å²) < 4.78 is 33.9. The van der Waals surface area contributed by atoms with E-state index < -0.39 is 11.9 Å². The number of esters is 1. The van der Waals surface area contributed by atoms with Crippen LogP contribution in [0.2, 0.25) is 0 Å². The number of ether oxygens (including phenoxy) is 6. The Hall–Kier alpha value is -5.97. The molecular formula is C37H37N3O8. The molecule has 0 radical (unpaired) electrons. The van der Waals surface area contributed by atoms with Crippen LogP contribution < -0.4 is 33.8 Å². The highest BCUT2D eigenvalue weighted by Gasteiger charge is 2.24. The van der Waals surface area contributed by atoms with Crippen LogP contribution in [0.15, 0.2) is 84.0 Å². The van der Waals surface area contributed by atoms with Gasteiger partial charge in [-0.25, -0.2) is 10.2 Å². The van der Waals surface area contributed by atoms with Crippen molar-refractivity contribution in [2.24, 2.45) is 5.10 Å². The molecule has 0 spiro atoms. The van der Waals surface area contributed by atoms with Gasteiger partial charge in [0.05, 0.1) is 56.7 Å². The average Bonchev–Trinajstić information content (AvgIpc) is 3.51. The number of amides is 1. The average molecular weight is 652 g/mol. The van der Waals surface area contributed by atoms with Crippen molar-refractivity contribution < 1.29 is 38.0 Å². The van der Waals surface area contributed by atoms with Gasteiger partial charge in [-0.2, -0.15) is 5.10 Å². The Morgan fingerprint density at radius 3 is 2.04 bits per heavy atom. The maximum absolute atomic E-state index is 13.6. The van der Waals surface area contributed by atoms with Crippen molar-refractivity contribution >= 4 is 29.0 Å². The molecule has 0 bridgehead atoms. The number of H-pyrrole nitrogens is 1. The van der Waals surface area contributed by atoms with Gasteiger partial charge in [-0.3, -0.25) is 4.79 Å². The van der Waals surface area contributed by atoms with Crippen molar-refractivity contribution in [3.05, 3.63) is 95.7 Å². The maximum atomic E-state index is 13.6. The van der Waals surface area contributed by atoms with Crippen LogP contribution in [0.4, 0.5) is 0 Å². The molecule has 0 fully saturated rings. The van der Waals surface area contributed by atoms with Gasteiger partial charge < -0.3 is 33.4 Å². The minimum Gasteiger partial charge on any atom is -0.496 e. The number of carbonyl (C=O) groups excluding carboxylic acids is 2. The van der Waals surface area contributed by atoms with Crippen LogP contribution in [0.1, 0.15) is 47.2 Å². The topological polar surface area (TPSA) is 130 Å². The second kappa shape index (κ2) is 15.5. The van der Waals surface area contributed by atoms with Gasteiger partial charge in [0.25, 0.3) is 5.91 Å². The molecule has 1 amide bonds. The second-order valence-corrected chi connectivity index (χ2v) is 10.2. The molecule has 0 unspecified atom stereocenters.